The van der Waals surface area contributed by atoms with Gasteiger partial charge in [-0.2, -0.15) is 17.5 Å². The van der Waals surface area contributed by atoms with Crippen molar-refractivity contribution in [2.24, 2.45) is 0 Å². The average Bonchev–Trinajstić information content (AvgIpc) is 3.25. The average molecular weight is 527 g/mol. The number of hydrogen-bond acceptors (Lipinski definition) is 6. The van der Waals surface area contributed by atoms with Crippen molar-refractivity contribution < 1.29 is 35.2 Å². The molecule has 1 aliphatic heterocycles. The Morgan fingerprint density at radius 1 is 1.08 bits per heavy atom. The number of carbonyl (C=O) groups is 1. The number of carbonyl (C=O) groups excluding carboxylic acids is 1. The van der Waals surface area contributed by atoms with Gasteiger partial charge in [0.25, 0.3) is 0 Å². The van der Waals surface area contributed by atoms with Crippen molar-refractivity contribution in [3.63, 3.8) is 0 Å². The van der Waals surface area contributed by atoms with E-state index in [1.165, 1.54) is 12.1 Å². The molecule has 3 aromatic rings. The van der Waals surface area contributed by atoms with E-state index in [0.717, 1.165) is 47.2 Å². The molecule has 0 aliphatic carbocycles. The summed E-state index contributed by atoms with van der Waals surface area (Å²) in [5.74, 6) is -1.55. The second-order valence-electron chi connectivity index (χ2n) is 7.86. The summed E-state index contributed by atoms with van der Waals surface area (Å²) < 4.78 is 92.5. The van der Waals surface area contributed by atoms with E-state index in [-0.39, 0.29) is 41.4 Å². The Balaban J connectivity index is 1.47. The van der Waals surface area contributed by atoms with Crippen molar-refractivity contribution in [2.45, 2.75) is 36.3 Å². The molecule has 2 atom stereocenters. The SMILES string of the molecule is O=C(NCc1cc(-c2ccc(C(F)(F)F)nc2)ncn1)C1C(F)CCN1S(=O)(=O)c1ccc(F)cc1. The highest BCUT2D eigenvalue weighted by Crippen LogP contribution is 2.30. The summed E-state index contributed by atoms with van der Waals surface area (Å²) in [7, 11) is -4.27. The number of halogens is 5. The normalized spacial score (nSPS) is 18.8. The first kappa shape index (κ1) is 25.6. The standard InChI is InChI=1S/C22H18F5N5O3S/c23-14-2-4-16(5-3-14)36(34,35)32-8-7-17(24)20(32)21(33)29-11-15-9-18(31-12-30-15)13-1-6-19(28-10-13)22(25,26)27/h1-6,9-10,12,17,20H,7-8,11H2,(H,29,33). The number of rotatable bonds is 6. The van der Waals surface area contributed by atoms with Gasteiger partial charge in [0.2, 0.25) is 15.9 Å². The topological polar surface area (TPSA) is 105 Å². The molecule has 2 unspecified atom stereocenters. The third-order valence-corrected chi connectivity index (χ3v) is 7.38. The van der Waals surface area contributed by atoms with Crippen LogP contribution in [0.25, 0.3) is 11.3 Å². The molecule has 4 rings (SSSR count). The van der Waals surface area contributed by atoms with E-state index in [2.05, 4.69) is 20.3 Å². The number of hydrogen-bond donors (Lipinski definition) is 1. The number of benzene rings is 1. The van der Waals surface area contributed by atoms with E-state index < -0.39 is 45.8 Å². The molecule has 0 bridgehead atoms. The molecule has 0 spiro atoms. The lowest BCUT2D eigenvalue weighted by atomic mass is 10.1. The van der Waals surface area contributed by atoms with Gasteiger partial charge in [-0.05, 0) is 48.9 Å². The van der Waals surface area contributed by atoms with Crippen LogP contribution in [-0.4, -0.2) is 52.3 Å². The predicted molar refractivity (Wildman–Crippen MR) is 116 cm³/mol. The Hall–Kier alpha value is -3.52. The molecule has 0 radical (unpaired) electrons. The Morgan fingerprint density at radius 2 is 1.81 bits per heavy atom. The first-order valence-corrected chi connectivity index (χ1v) is 11.9. The van der Waals surface area contributed by atoms with Crippen LogP contribution in [0.3, 0.4) is 0 Å². The van der Waals surface area contributed by atoms with Crippen LogP contribution in [0.1, 0.15) is 17.8 Å². The van der Waals surface area contributed by atoms with Gasteiger partial charge in [-0.1, -0.05) is 0 Å². The number of amides is 1. The molecule has 2 aromatic heterocycles. The molecule has 36 heavy (non-hydrogen) atoms. The highest BCUT2D eigenvalue weighted by molar-refractivity contribution is 7.89. The van der Waals surface area contributed by atoms with Gasteiger partial charge in [0, 0.05) is 18.3 Å². The first-order valence-electron chi connectivity index (χ1n) is 10.5. The van der Waals surface area contributed by atoms with Crippen LogP contribution < -0.4 is 5.32 Å². The molecule has 3 heterocycles. The van der Waals surface area contributed by atoms with Crippen LogP contribution in [-0.2, 0) is 27.5 Å². The van der Waals surface area contributed by atoms with E-state index in [4.69, 9.17) is 0 Å². The minimum Gasteiger partial charge on any atom is -0.349 e. The van der Waals surface area contributed by atoms with Gasteiger partial charge >= 0.3 is 6.18 Å². The molecule has 1 aromatic carbocycles. The van der Waals surface area contributed by atoms with Crippen LogP contribution in [0.2, 0.25) is 0 Å². The molecule has 14 heteroatoms. The molecular weight excluding hydrogens is 509 g/mol. The fraction of sp³-hybridized carbons (Fsp3) is 0.273. The molecule has 1 aliphatic rings. The van der Waals surface area contributed by atoms with Gasteiger partial charge in [0.15, 0.2) is 0 Å². The minimum atomic E-state index is -4.59. The van der Waals surface area contributed by atoms with Crippen LogP contribution in [0, 0.1) is 5.82 Å². The summed E-state index contributed by atoms with van der Waals surface area (Å²) in [6, 6.07) is 5.71. The maximum Gasteiger partial charge on any atom is 0.433 e. The summed E-state index contributed by atoms with van der Waals surface area (Å²) in [5, 5.41) is 2.44. The molecule has 0 saturated carbocycles. The number of aromatic nitrogens is 3. The van der Waals surface area contributed by atoms with Gasteiger partial charge in [0.05, 0.1) is 22.8 Å². The van der Waals surface area contributed by atoms with Crippen molar-refractivity contribution in [1.82, 2.24) is 24.6 Å². The number of sulfonamides is 1. The third kappa shape index (κ3) is 5.33. The lowest BCUT2D eigenvalue weighted by Gasteiger charge is -2.24. The van der Waals surface area contributed by atoms with E-state index in [1.54, 1.807) is 0 Å². The Kier molecular flexibility index (Phi) is 7.00. The monoisotopic (exact) mass is 527 g/mol. The zero-order valence-corrected chi connectivity index (χ0v) is 19.1. The van der Waals surface area contributed by atoms with Gasteiger partial charge in [-0.3, -0.25) is 9.78 Å². The largest absolute Gasteiger partial charge is 0.433 e. The van der Waals surface area contributed by atoms with E-state index in [9.17, 15) is 35.2 Å². The van der Waals surface area contributed by atoms with Gasteiger partial charge in [-0.25, -0.2) is 27.2 Å². The Morgan fingerprint density at radius 3 is 2.44 bits per heavy atom. The molecule has 1 N–H and O–H groups in total. The second-order valence-corrected chi connectivity index (χ2v) is 9.75. The Labute approximate surface area is 202 Å². The number of nitrogens with one attached hydrogen (secondary N) is 1. The summed E-state index contributed by atoms with van der Waals surface area (Å²) in [6.07, 6.45) is -4.42. The van der Waals surface area contributed by atoms with Crippen molar-refractivity contribution in [3.05, 3.63) is 72.2 Å². The van der Waals surface area contributed by atoms with E-state index >= 15 is 0 Å². The molecule has 1 saturated heterocycles. The summed E-state index contributed by atoms with van der Waals surface area (Å²) in [6.45, 7) is -0.465. The molecule has 190 valence electrons. The van der Waals surface area contributed by atoms with Crippen LogP contribution in [0.5, 0.6) is 0 Å². The maximum absolute atomic E-state index is 14.6. The highest BCUT2D eigenvalue weighted by Gasteiger charge is 2.46. The van der Waals surface area contributed by atoms with E-state index in [1.807, 2.05) is 0 Å². The minimum absolute atomic E-state index is 0.197. The van der Waals surface area contributed by atoms with Crippen LogP contribution in [0.15, 0.2) is 59.9 Å². The summed E-state index contributed by atoms with van der Waals surface area (Å²) in [4.78, 5) is 23.8. The zero-order chi connectivity index (χ0) is 26.1. The number of alkyl halides is 4. The maximum atomic E-state index is 14.6. The van der Waals surface area contributed by atoms with Crippen molar-refractivity contribution in [3.8, 4) is 11.3 Å². The third-order valence-electron chi connectivity index (χ3n) is 5.48. The number of nitrogens with zero attached hydrogens (tertiary/aromatic N) is 4. The van der Waals surface area contributed by atoms with Gasteiger partial charge in [0.1, 0.15) is 30.1 Å². The Bertz CT molecular complexity index is 1350. The van der Waals surface area contributed by atoms with Crippen molar-refractivity contribution >= 4 is 15.9 Å². The van der Waals surface area contributed by atoms with Gasteiger partial charge in [-0.15, -0.1) is 0 Å². The van der Waals surface area contributed by atoms with Gasteiger partial charge < -0.3 is 5.32 Å². The number of pyridine rings is 1. The highest BCUT2D eigenvalue weighted by atomic mass is 32.2. The summed E-state index contributed by atoms with van der Waals surface area (Å²) in [5.41, 5.74) is -0.311. The van der Waals surface area contributed by atoms with Crippen LogP contribution >= 0.6 is 0 Å². The van der Waals surface area contributed by atoms with E-state index in [0.29, 0.717) is 0 Å². The summed E-state index contributed by atoms with van der Waals surface area (Å²) >= 11 is 0. The van der Waals surface area contributed by atoms with Crippen molar-refractivity contribution in [2.75, 3.05) is 6.54 Å². The molecule has 1 amide bonds. The lowest BCUT2D eigenvalue weighted by Crippen LogP contribution is -2.49. The smallest absolute Gasteiger partial charge is 0.349 e. The lowest BCUT2D eigenvalue weighted by molar-refractivity contribution is -0.141. The fourth-order valence-electron chi connectivity index (χ4n) is 3.68. The molecular formula is C22H18F5N5O3S. The predicted octanol–water partition coefficient (Wildman–Crippen LogP) is 3.11. The fourth-order valence-corrected chi connectivity index (χ4v) is 5.31. The van der Waals surface area contributed by atoms with Crippen molar-refractivity contribution in [1.29, 1.82) is 0 Å². The second kappa shape index (κ2) is 9.85. The zero-order valence-electron chi connectivity index (χ0n) is 18.3. The quantitative estimate of drug-likeness (QED) is 0.494. The first-order chi connectivity index (χ1) is 17.0. The molecule has 1 fully saturated rings. The molecule has 8 nitrogen and oxygen atoms in total. The van der Waals surface area contributed by atoms with Crippen LogP contribution in [0.4, 0.5) is 22.0 Å².